The van der Waals surface area contributed by atoms with Crippen molar-refractivity contribution in [1.82, 2.24) is 10.0 Å². The Labute approximate surface area is 110 Å². The lowest BCUT2D eigenvalue weighted by molar-refractivity contribution is 0.376. The molecule has 0 aromatic heterocycles. The Bertz CT molecular complexity index is 309. The Balaban J connectivity index is 1.69. The monoisotopic (exact) mass is 300 g/mol. The fourth-order valence-electron chi connectivity index (χ4n) is 1.83. The zero-order chi connectivity index (χ0) is 11.2. The van der Waals surface area contributed by atoms with Gasteiger partial charge in [0.15, 0.2) is 0 Å². The minimum absolute atomic E-state index is 0.837. The third-order valence-corrected chi connectivity index (χ3v) is 4.18. The Morgan fingerprint density at radius 3 is 2.62 bits per heavy atom. The fourth-order valence-corrected chi connectivity index (χ4v) is 2.85. The van der Waals surface area contributed by atoms with Gasteiger partial charge in [-0.3, -0.25) is 4.72 Å². The van der Waals surface area contributed by atoms with Crippen molar-refractivity contribution in [3.63, 3.8) is 0 Å². The molecule has 0 unspecified atom stereocenters. The largest absolute Gasteiger partial charge is 0.317 e. The fraction of sp³-hybridized carbons (Fsp3) is 0.500. The number of hydrogen-bond donors (Lipinski definition) is 2. The summed E-state index contributed by atoms with van der Waals surface area (Å²) >= 11 is 5.17. The minimum atomic E-state index is 0.837. The molecule has 0 saturated carbocycles. The van der Waals surface area contributed by atoms with Crippen molar-refractivity contribution in [1.29, 1.82) is 0 Å². The Hall–Kier alpha value is -0.0300. The number of benzene rings is 1. The first-order chi connectivity index (χ1) is 7.84. The Kier molecular flexibility index (Phi) is 5.16. The van der Waals surface area contributed by atoms with E-state index in [0.29, 0.717) is 0 Å². The van der Waals surface area contributed by atoms with E-state index in [-0.39, 0.29) is 0 Å². The highest BCUT2D eigenvalue weighted by Crippen LogP contribution is 2.19. The molecular formula is C12H17BrN2S. The number of rotatable bonds is 4. The number of piperidine rings is 1. The summed E-state index contributed by atoms with van der Waals surface area (Å²) in [7, 11) is 0. The van der Waals surface area contributed by atoms with Crippen LogP contribution in [0.2, 0.25) is 0 Å². The van der Waals surface area contributed by atoms with Gasteiger partial charge >= 0.3 is 0 Å². The van der Waals surface area contributed by atoms with Gasteiger partial charge in [0.2, 0.25) is 0 Å². The SMILES string of the molecule is Brc1ccc(SNCC2CCNCC2)cc1. The molecule has 1 aromatic rings. The van der Waals surface area contributed by atoms with Crippen LogP contribution < -0.4 is 10.0 Å². The molecule has 4 heteroatoms. The first-order valence-electron chi connectivity index (χ1n) is 5.70. The molecule has 2 N–H and O–H groups in total. The summed E-state index contributed by atoms with van der Waals surface area (Å²) in [5, 5.41) is 3.39. The van der Waals surface area contributed by atoms with E-state index in [1.807, 2.05) is 0 Å². The molecule has 2 rings (SSSR count). The van der Waals surface area contributed by atoms with E-state index in [4.69, 9.17) is 0 Å². The summed E-state index contributed by atoms with van der Waals surface area (Å²) in [6, 6.07) is 8.41. The molecule has 0 amide bonds. The van der Waals surface area contributed by atoms with Crippen molar-refractivity contribution in [2.24, 2.45) is 5.92 Å². The first-order valence-corrected chi connectivity index (χ1v) is 7.31. The van der Waals surface area contributed by atoms with Gasteiger partial charge in [-0.1, -0.05) is 15.9 Å². The molecule has 16 heavy (non-hydrogen) atoms. The van der Waals surface area contributed by atoms with Gasteiger partial charge < -0.3 is 5.32 Å². The van der Waals surface area contributed by atoms with Gasteiger partial charge in [-0.05, 0) is 68.1 Å². The third-order valence-electron chi connectivity index (χ3n) is 2.83. The molecule has 1 aromatic carbocycles. The van der Waals surface area contributed by atoms with E-state index < -0.39 is 0 Å². The second-order valence-corrected chi connectivity index (χ2v) is 5.98. The summed E-state index contributed by atoms with van der Waals surface area (Å²) in [6.07, 6.45) is 2.60. The van der Waals surface area contributed by atoms with Crippen LogP contribution >= 0.6 is 27.9 Å². The lowest BCUT2D eigenvalue weighted by Crippen LogP contribution is -2.31. The molecule has 0 atom stereocenters. The maximum absolute atomic E-state index is 3.46. The molecule has 1 fully saturated rings. The van der Waals surface area contributed by atoms with Crippen LogP contribution in [0, 0.1) is 5.92 Å². The van der Waals surface area contributed by atoms with Crippen molar-refractivity contribution in [3.05, 3.63) is 28.7 Å². The summed E-state index contributed by atoms with van der Waals surface area (Å²) in [6.45, 7) is 3.47. The minimum Gasteiger partial charge on any atom is -0.317 e. The van der Waals surface area contributed by atoms with Gasteiger partial charge in [0.05, 0.1) is 0 Å². The molecule has 1 aliphatic heterocycles. The van der Waals surface area contributed by atoms with Crippen LogP contribution in [0.5, 0.6) is 0 Å². The second-order valence-electron chi connectivity index (χ2n) is 4.10. The zero-order valence-electron chi connectivity index (χ0n) is 9.21. The molecule has 1 aliphatic rings. The normalized spacial score (nSPS) is 17.6. The summed E-state index contributed by atoms with van der Waals surface area (Å²) in [5.41, 5.74) is 0. The topological polar surface area (TPSA) is 24.1 Å². The summed E-state index contributed by atoms with van der Waals surface area (Å²) in [5.74, 6) is 0.837. The van der Waals surface area contributed by atoms with Crippen molar-refractivity contribution in [3.8, 4) is 0 Å². The van der Waals surface area contributed by atoms with E-state index in [1.54, 1.807) is 11.9 Å². The standard InChI is InChI=1S/C12H17BrN2S/c13-11-1-3-12(4-2-11)16-15-9-10-5-7-14-8-6-10/h1-4,10,14-15H,5-9H2. The van der Waals surface area contributed by atoms with Gasteiger partial charge in [-0.15, -0.1) is 0 Å². The first kappa shape index (κ1) is 12.4. The van der Waals surface area contributed by atoms with Gasteiger partial charge in [0.1, 0.15) is 0 Å². The van der Waals surface area contributed by atoms with E-state index in [1.165, 1.54) is 30.8 Å². The maximum Gasteiger partial charge on any atom is 0.0228 e. The summed E-state index contributed by atoms with van der Waals surface area (Å²) < 4.78 is 4.60. The molecule has 1 saturated heterocycles. The van der Waals surface area contributed by atoms with Crippen LogP contribution in [0.3, 0.4) is 0 Å². The van der Waals surface area contributed by atoms with Crippen LogP contribution in [0.4, 0.5) is 0 Å². The van der Waals surface area contributed by atoms with Crippen molar-refractivity contribution in [2.75, 3.05) is 19.6 Å². The predicted molar refractivity (Wildman–Crippen MR) is 73.6 cm³/mol. The average Bonchev–Trinajstić information content (AvgIpc) is 2.33. The predicted octanol–water partition coefficient (Wildman–Crippen LogP) is 3.05. The summed E-state index contributed by atoms with van der Waals surface area (Å²) in [4.78, 5) is 1.28. The van der Waals surface area contributed by atoms with Crippen molar-refractivity contribution < 1.29 is 0 Å². The Morgan fingerprint density at radius 2 is 1.94 bits per heavy atom. The van der Waals surface area contributed by atoms with Gasteiger partial charge in [0, 0.05) is 15.9 Å². The van der Waals surface area contributed by atoms with E-state index in [9.17, 15) is 0 Å². The molecule has 0 spiro atoms. The van der Waals surface area contributed by atoms with Gasteiger partial charge in [0.25, 0.3) is 0 Å². The smallest absolute Gasteiger partial charge is 0.0228 e. The number of hydrogen-bond acceptors (Lipinski definition) is 3. The van der Waals surface area contributed by atoms with Crippen LogP contribution in [-0.2, 0) is 0 Å². The molecule has 0 radical (unpaired) electrons. The quantitative estimate of drug-likeness (QED) is 0.836. The van der Waals surface area contributed by atoms with Gasteiger partial charge in [-0.25, -0.2) is 0 Å². The van der Waals surface area contributed by atoms with E-state index in [2.05, 4.69) is 50.2 Å². The van der Waals surface area contributed by atoms with Crippen LogP contribution in [-0.4, -0.2) is 19.6 Å². The number of halogens is 1. The zero-order valence-corrected chi connectivity index (χ0v) is 11.6. The maximum atomic E-state index is 3.46. The van der Waals surface area contributed by atoms with E-state index in [0.717, 1.165) is 16.9 Å². The lowest BCUT2D eigenvalue weighted by atomic mass is 9.99. The highest BCUT2D eigenvalue weighted by molar-refractivity contribution is 9.10. The molecule has 0 bridgehead atoms. The molecule has 0 aliphatic carbocycles. The molecular weight excluding hydrogens is 284 g/mol. The van der Waals surface area contributed by atoms with Crippen LogP contribution in [0.25, 0.3) is 0 Å². The van der Waals surface area contributed by atoms with Gasteiger partial charge in [-0.2, -0.15) is 0 Å². The lowest BCUT2D eigenvalue weighted by Gasteiger charge is -2.22. The highest BCUT2D eigenvalue weighted by atomic mass is 79.9. The highest BCUT2D eigenvalue weighted by Gasteiger charge is 2.12. The van der Waals surface area contributed by atoms with Crippen LogP contribution in [0.1, 0.15) is 12.8 Å². The second kappa shape index (κ2) is 6.64. The molecule has 1 heterocycles. The molecule has 2 nitrogen and oxygen atoms in total. The Morgan fingerprint density at radius 1 is 1.25 bits per heavy atom. The number of nitrogens with one attached hydrogen (secondary N) is 2. The van der Waals surface area contributed by atoms with Crippen molar-refractivity contribution in [2.45, 2.75) is 17.7 Å². The third kappa shape index (κ3) is 4.09. The average molecular weight is 301 g/mol. The van der Waals surface area contributed by atoms with Crippen LogP contribution in [0.15, 0.2) is 33.6 Å². The molecule has 88 valence electrons. The van der Waals surface area contributed by atoms with E-state index >= 15 is 0 Å². The van der Waals surface area contributed by atoms with Crippen molar-refractivity contribution >= 4 is 27.9 Å².